The summed E-state index contributed by atoms with van der Waals surface area (Å²) >= 11 is 0. The molecule has 24 N–H and O–H groups in total. The van der Waals surface area contributed by atoms with E-state index in [1.165, 1.54) is 34.1 Å². The molecule has 16 amide bonds. The monoisotopic (exact) mass is 1460 g/mol. The quantitative estimate of drug-likeness (QED) is 0.0165. The van der Waals surface area contributed by atoms with Crippen LogP contribution in [0.3, 0.4) is 0 Å². The summed E-state index contributed by atoms with van der Waals surface area (Å²) in [7, 11) is 0. The largest absolute Gasteiger partial charge is 0.508 e. The summed E-state index contributed by atoms with van der Waals surface area (Å²) in [5.41, 5.74) is 44.6. The van der Waals surface area contributed by atoms with Gasteiger partial charge in [0.25, 0.3) is 0 Å². The minimum Gasteiger partial charge on any atom is -0.508 e. The number of aromatic hydroxyl groups is 1. The number of aliphatic carboxylic acids is 1. The molecular formula is C65H98N20O19. The minimum atomic E-state index is -1.59. The van der Waals surface area contributed by atoms with E-state index in [9.17, 15) is 86.9 Å². The van der Waals surface area contributed by atoms with Gasteiger partial charge in [-0.2, -0.15) is 0 Å². The van der Waals surface area contributed by atoms with E-state index in [1.54, 1.807) is 0 Å². The molecule has 572 valence electrons. The molecule has 0 radical (unpaired) electrons. The molecule has 39 heteroatoms. The highest BCUT2D eigenvalue weighted by Gasteiger charge is 2.47. The van der Waals surface area contributed by atoms with Crippen LogP contribution in [0.2, 0.25) is 0 Å². The van der Waals surface area contributed by atoms with Gasteiger partial charge in [0.15, 0.2) is 5.96 Å². The molecule has 0 aliphatic carbocycles. The maximum atomic E-state index is 15.1. The van der Waals surface area contributed by atoms with Crippen molar-refractivity contribution < 1.29 is 91.7 Å². The molecule has 5 aliphatic rings. The van der Waals surface area contributed by atoms with E-state index >= 15 is 4.79 Å². The van der Waals surface area contributed by atoms with Crippen LogP contribution < -0.4 is 77.8 Å². The van der Waals surface area contributed by atoms with Crippen LogP contribution in [0.4, 0.5) is 0 Å². The number of benzene rings is 1. The third kappa shape index (κ3) is 23.7. The van der Waals surface area contributed by atoms with Gasteiger partial charge in [-0.25, -0.2) is 4.79 Å². The molecule has 39 nitrogen and oxygen atoms in total. The zero-order chi connectivity index (χ0) is 76.6. The highest BCUT2D eigenvalue weighted by atomic mass is 16.4. The Morgan fingerprint density at radius 1 is 0.394 bits per heavy atom. The number of aliphatic imine (C=N–C) groups is 1. The normalized spacial score (nSPS) is 20.5. The van der Waals surface area contributed by atoms with Crippen molar-refractivity contribution >= 4 is 106 Å². The van der Waals surface area contributed by atoms with Gasteiger partial charge in [-0.05, 0) is 127 Å². The topological polar surface area (TPSA) is 640 Å². The lowest BCUT2D eigenvalue weighted by atomic mass is 10.0. The molecule has 6 rings (SSSR count). The lowest BCUT2D eigenvalue weighted by Crippen LogP contribution is -2.60. The molecule has 0 spiro atoms. The number of hydrogen-bond donors (Lipinski definition) is 16. The van der Waals surface area contributed by atoms with Crippen molar-refractivity contribution in [2.24, 2.45) is 50.9 Å². The summed E-state index contributed by atoms with van der Waals surface area (Å²) < 4.78 is 0. The lowest BCUT2D eigenvalue weighted by molar-refractivity contribution is -0.146. The van der Waals surface area contributed by atoms with Gasteiger partial charge >= 0.3 is 5.97 Å². The van der Waals surface area contributed by atoms with Crippen LogP contribution >= 0.6 is 0 Å². The molecule has 1 aromatic carbocycles. The number of amides is 16. The minimum absolute atomic E-state index is 0.0186. The van der Waals surface area contributed by atoms with E-state index in [1.807, 2.05) is 0 Å². The summed E-state index contributed by atoms with van der Waals surface area (Å²) in [6, 6.07) is -10.9. The van der Waals surface area contributed by atoms with Gasteiger partial charge in [0.2, 0.25) is 94.5 Å². The second kappa shape index (κ2) is 39.0. The van der Waals surface area contributed by atoms with Crippen LogP contribution in [0.1, 0.15) is 147 Å². The summed E-state index contributed by atoms with van der Waals surface area (Å²) in [6.45, 7) is 0.133. The van der Waals surface area contributed by atoms with Crippen LogP contribution in [0, 0.1) is 0 Å². The van der Waals surface area contributed by atoms with Crippen molar-refractivity contribution in [2.45, 2.75) is 220 Å². The number of nitrogens with one attached hydrogen (secondary N) is 6. The van der Waals surface area contributed by atoms with Crippen molar-refractivity contribution in [1.29, 1.82) is 0 Å². The Kier molecular flexibility index (Phi) is 30.9. The van der Waals surface area contributed by atoms with Crippen molar-refractivity contribution in [2.75, 3.05) is 39.3 Å². The smallest absolute Gasteiger partial charge is 0.326 e. The third-order valence-electron chi connectivity index (χ3n) is 19.0. The average Bonchev–Trinajstić information content (AvgIpc) is 1.61. The molecule has 5 saturated heterocycles. The zero-order valence-electron chi connectivity index (χ0n) is 57.9. The number of likely N-dealkylation sites (tertiary alicyclic amines) is 5. The first-order chi connectivity index (χ1) is 49.3. The number of carbonyl (C=O) groups is 17. The van der Waals surface area contributed by atoms with Gasteiger partial charge in [-0.3, -0.25) is 81.7 Å². The number of primary amides is 5. The van der Waals surface area contributed by atoms with E-state index in [2.05, 4.69) is 36.9 Å². The highest BCUT2D eigenvalue weighted by Crippen LogP contribution is 2.28. The van der Waals surface area contributed by atoms with Gasteiger partial charge in [-0.15, -0.1) is 0 Å². The van der Waals surface area contributed by atoms with Gasteiger partial charge in [0.05, 0.1) is 6.04 Å². The zero-order valence-corrected chi connectivity index (χ0v) is 57.9. The standard InChI is InChI=1S/C65H98N20O19/c66-36(7-1-27-74-65(72)73)59(98)81-28-2-8-43(81)54(93)75-37(17-22-48(67)87)53(92)76-38(18-23-49(68)88)60(99)84-31-5-12-47(84)58(97)80-42(33-34-13-15-35(86)16-14-34)63(102)85-32-6-10-45(85)56(95)78-39(19-24-50(69)89)61(100)82-29-3-9-44(82)55(94)77-40(20-25-51(70)90)62(101)83-30-4-11-46(83)57(96)79-41(64(103)104)21-26-52(71)91/h13-16,36-47,86H,1-12,17-33,66H2,(H2,67,87)(H2,68,88)(H2,69,89)(H2,70,90)(H2,71,91)(H,75,93)(H,76,92)(H,77,94)(H,78,95)(H,79,96)(H,80,97)(H,103,104)(H4,72,73,74)/t36-,37-,38-,39-,40-,41-,42-,43-,44-,45-,46-,47-/m0/s1. The molecule has 1 aromatic rings. The first kappa shape index (κ1) is 82.2. The van der Waals surface area contributed by atoms with E-state index in [4.69, 9.17) is 45.9 Å². The molecule has 5 fully saturated rings. The molecule has 0 aromatic heterocycles. The summed E-state index contributed by atoms with van der Waals surface area (Å²) in [5, 5.41) is 35.4. The molecule has 5 heterocycles. The van der Waals surface area contributed by atoms with E-state index in [0.717, 1.165) is 14.7 Å². The molecule has 0 saturated carbocycles. The molecule has 5 aliphatic heterocycles. The second-order valence-corrected chi connectivity index (χ2v) is 26.6. The van der Waals surface area contributed by atoms with Gasteiger partial charge in [-0.1, -0.05) is 12.1 Å². The van der Waals surface area contributed by atoms with E-state index < -0.39 is 212 Å². The maximum Gasteiger partial charge on any atom is 0.326 e. The fourth-order valence-electron chi connectivity index (χ4n) is 13.6. The van der Waals surface area contributed by atoms with Gasteiger partial charge < -0.3 is 112 Å². The number of rotatable bonds is 39. The molecule has 0 bridgehead atoms. The Morgan fingerprint density at radius 2 is 0.683 bits per heavy atom. The molecule has 0 unspecified atom stereocenters. The maximum absolute atomic E-state index is 15.1. The van der Waals surface area contributed by atoms with Crippen LogP contribution in [0.15, 0.2) is 29.3 Å². The first-order valence-corrected chi connectivity index (χ1v) is 34.8. The number of phenols is 1. The van der Waals surface area contributed by atoms with E-state index in [0.29, 0.717) is 18.4 Å². The van der Waals surface area contributed by atoms with Crippen molar-refractivity contribution in [3.63, 3.8) is 0 Å². The Labute approximate surface area is 598 Å². The predicted molar refractivity (Wildman–Crippen MR) is 365 cm³/mol. The van der Waals surface area contributed by atoms with Gasteiger partial charge in [0, 0.05) is 77.8 Å². The lowest BCUT2D eigenvalue weighted by Gasteiger charge is -2.33. The first-order valence-electron chi connectivity index (χ1n) is 34.8. The number of carboxylic acid groups (broad SMARTS) is 1. The number of guanidine groups is 1. The number of nitrogens with two attached hydrogens (primary N) is 8. The molecule has 12 atom stereocenters. The predicted octanol–water partition coefficient (Wildman–Crippen LogP) is -7.41. The van der Waals surface area contributed by atoms with Crippen LogP contribution in [0.5, 0.6) is 5.75 Å². The Balaban J connectivity index is 1.18. The SMILES string of the molecule is NC(=O)CC[C@H](NC(=O)[C@@H]1CCCN1C(=O)[C@H](CCC(N)=O)NC(=O)[C@@H]1CCCN1C(=O)[C@H](CCC(N)=O)NC(=O)[C@@H]1CCCN1C(=O)[C@H](Cc1ccc(O)cc1)NC(=O)[C@@H]1CCCN1C(=O)[C@H](CCC(N)=O)NC(=O)[C@H](CCC(N)=O)NC(=O)[C@@H]1CCCN1C(=O)[C@@H](N)CCCN=C(N)N)C(=O)O. The fourth-order valence-corrected chi connectivity index (χ4v) is 13.6. The number of nitrogens with zero attached hydrogens (tertiary/aromatic N) is 6. The highest BCUT2D eigenvalue weighted by molar-refractivity contribution is 6.01. The summed E-state index contributed by atoms with van der Waals surface area (Å²) in [5.74, 6) is -15.2. The molecular weight excluding hydrogens is 1360 g/mol. The van der Waals surface area contributed by atoms with Gasteiger partial charge in [0.1, 0.15) is 72.2 Å². The van der Waals surface area contributed by atoms with Crippen LogP contribution in [-0.4, -0.2) is 253 Å². The van der Waals surface area contributed by atoms with E-state index in [-0.39, 0.29) is 147 Å². The molecule has 104 heavy (non-hydrogen) atoms. The number of carbonyl (C=O) groups excluding carboxylic acids is 16. The van der Waals surface area contributed by atoms with Crippen molar-refractivity contribution in [3.8, 4) is 5.75 Å². The van der Waals surface area contributed by atoms with Crippen molar-refractivity contribution in [1.82, 2.24) is 56.4 Å². The fraction of sp³-hybridized carbons (Fsp3) is 0.631. The Hall–Kier alpha value is -10.8. The third-order valence-corrected chi connectivity index (χ3v) is 19.0. The van der Waals surface area contributed by atoms with Crippen molar-refractivity contribution in [3.05, 3.63) is 29.8 Å². The Bertz CT molecular complexity index is 3410. The Morgan fingerprint density at radius 3 is 1.02 bits per heavy atom. The average molecular weight is 1460 g/mol. The number of hydrogen-bond acceptors (Lipinski definition) is 20. The van der Waals surface area contributed by atoms with Crippen LogP contribution in [0.25, 0.3) is 0 Å². The number of carboxylic acids is 1. The summed E-state index contributed by atoms with van der Waals surface area (Å²) in [6.07, 6.45) is -2.07. The summed E-state index contributed by atoms with van der Waals surface area (Å²) in [4.78, 5) is 240. The second-order valence-electron chi connectivity index (χ2n) is 26.6. The number of phenolic OH excluding ortho intramolecular Hbond substituents is 1. The van der Waals surface area contributed by atoms with Crippen LogP contribution in [-0.2, 0) is 87.9 Å².